The van der Waals surface area contributed by atoms with Crippen molar-refractivity contribution in [3.05, 3.63) is 69.6 Å². The van der Waals surface area contributed by atoms with Gasteiger partial charge in [0.05, 0.1) is 0 Å². The Morgan fingerprint density at radius 3 is 0.757 bits per heavy atom. The third-order valence-corrected chi connectivity index (χ3v) is 26.7. The molecule has 5 aliphatic rings. The van der Waals surface area contributed by atoms with Crippen molar-refractivity contribution in [2.45, 2.75) is 11.0 Å². The summed E-state index contributed by atoms with van der Waals surface area (Å²) < 4.78 is 0. The van der Waals surface area contributed by atoms with Gasteiger partial charge in [-0.25, -0.2) is 0 Å². The topological polar surface area (TPSA) is 21.6 Å². The van der Waals surface area contributed by atoms with E-state index < -0.39 is 11.0 Å². The van der Waals surface area contributed by atoms with Crippen LogP contribution in [-0.2, 0) is 15.9 Å². The fraction of sp³-hybridized carbons (Fsp3) is 0.0282. The van der Waals surface area contributed by atoms with E-state index in [0.29, 0.717) is 0 Å². The monoisotopic (exact) mass is 921 g/mol. The molecule has 0 N–H and O–H groups in total. The Morgan fingerprint density at radius 1 is 0.257 bits per heavy atom. The van der Waals surface area contributed by atoms with Crippen LogP contribution in [0.4, 0.5) is 0 Å². The third-order valence-electron chi connectivity index (χ3n) is 25.8. The summed E-state index contributed by atoms with van der Waals surface area (Å²) in [6.45, 7) is 0. The van der Waals surface area contributed by atoms with E-state index in [1.54, 1.807) is 280 Å². The molecule has 0 radical (unpaired) electrons. The Kier molecular flexibility index (Phi) is 2.38. The average molecular weight is 922 g/mol. The zero-order valence-corrected chi connectivity index (χ0v) is 38.1. The van der Waals surface area contributed by atoms with E-state index in [0.717, 1.165) is 5.71 Å². The van der Waals surface area contributed by atoms with E-state index in [1.165, 1.54) is 48.7 Å². The van der Waals surface area contributed by atoms with Gasteiger partial charge in [-0.3, -0.25) is 0 Å². The highest BCUT2D eigenvalue weighted by molar-refractivity contribution is 7.13. The summed E-state index contributed by atoms with van der Waals surface area (Å²) in [5.41, 5.74) is 8.16. The second-order valence-corrected chi connectivity index (χ2v) is 27.2. The van der Waals surface area contributed by atoms with Crippen LogP contribution in [0, 0.1) is 0 Å². The molecule has 0 atom stereocenters. The van der Waals surface area contributed by atoms with Crippen molar-refractivity contribution >= 4 is 308 Å². The van der Waals surface area contributed by atoms with Crippen LogP contribution in [0.15, 0.2) is 46.9 Å². The van der Waals surface area contributed by atoms with Crippen LogP contribution >= 0.6 is 11.3 Å². The Labute approximate surface area is 406 Å². The molecule has 0 amide bonds. The molecule has 1 aliphatic heterocycles. The van der Waals surface area contributed by atoms with Crippen LogP contribution in [0.2, 0.25) is 0 Å². The summed E-state index contributed by atoms with van der Waals surface area (Å²) in [4.78, 5) is 9.57. The van der Waals surface area contributed by atoms with Crippen molar-refractivity contribution in [1.29, 1.82) is 0 Å². The highest BCUT2D eigenvalue weighted by Crippen LogP contribution is 2.85. The molecule has 1 aromatic heterocycles. The van der Waals surface area contributed by atoms with Gasteiger partial charge in [-0.15, -0.1) is 11.3 Å². The summed E-state index contributed by atoms with van der Waals surface area (Å²) in [5, 5.41) is 94.6. The quantitative estimate of drug-likeness (QED) is 0.158. The minimum absolute atomic E-state index is 0.717. The number of hydrogen-bond acceptors (Lipinski definition) is 3. The molecule has 0 bridgehead atoms. The van der Waals surface area contributed by atoms with Gasteiger partial charge in [0.2, 0.25) is 5.60 Å². The lowest BCUT2D eigenvalue weighted by Crippen LogP contribution is -2.54. The maximum atomic E-state index is 8.27. The predicted molar refractivity (Wildman–Crippen MR) is 311 cm³/mol. The first-order valence-electron chi connectivity index (χ1n) is 27.1. The van der Waals surface area contributed by atoms with E-state index in [2.05, 4.69) is 41.8 Å². The number of benzene rings is 19. The molecule has 74 heavy (non-hydrogen) atoms. The van der Waals surface area contributed by atoms with Gasteiger partial charge in [0.25, 0.3) is 0 Å². The number of rotatable bonds is 2. The molecular weight excluding hydrogens is 915 g/mol. The van der Waals surface area contributed by atoms with Crippen LogP contribution in [0.1, 0.15) is 27.8 Å². The number of hydrogen-bond donors (Lipinski definition) is 0. The van der Waals surface area contributed by atoms with Crippen molar-refractivity contribution in [2.24, 2.45) is 5.16 Å². The van der Waals surface area contributed by atoms with Crippen molar-refractivity contribution in [3.63, 3.8) is 0 Å². The molecule has 35 rings (SSSR count). The first-order chi connectivity index (χ1) is 36.9. The van der Waals surface area contributed by atoms with Crippen LogP contribution in [0.5, 0.6) is 0 Å². The van der Waals surface area contributed by atoms with E-state index >= 15 is 0 Å². The molecule has 3 heteroatoms. The summed E-state index contributed by atoms with van der Waals surface area (Å²) >= 11 is 1.86. The lowest BCUT2D eigenvalue weighted by atomic mass is 9.52. The molecule has 4 aliphatic carbocycles. The maximum Gasteiger partial charge on any atom is 0.209 e. The number of oxime groups is 1. The van der Waals surface area contributed by atoms with Gasteiger partial charge in [-0.2, -0.15) is 0 Å². The Morgan fingerprint density at radius 2 is 0.500 bits per heavy atom. The van der Waals surface area contributed by atoms with Crippen molar-refractivity contribution < 1.29 is 4.84 Å². The standard InChI is InChI=1S/C71H7NOS/c1-2-5-9(8(4-1)10-6-3-7-74-10)69-70-65-57-49-39-29-21-13-11-12-15-19-17(13)25-33-27(19)37-31-23(15)24-16(12)20-18-14(11)22(21)30-36-26(18)34-28(20)38-32(24)42-41(31)53-47(37)55-45(33)51(43(49)35(25)29)59(65)61(55)67-63(53)64-54(42)48(38)56-46(34)52-44(36)50(40(30)39)58(57)66(70)60(52)62(56)68(64)71(67,70)73-72-69/h1-7H. The fourth-order valence-corrected chi connectivity index (χ4v) is 26.3. The van der Waals surface area contributed by atoms with Crippen molar-refractivity contribution in [1.82, 2.24) is 0 Å². The summed E-state index contributed by atoms with van der Waals surface area (Å²) in [6.07, 6.45) is 0. The fourth-order valence-electron chi connectivity index (χ4n) is 25.5. The molecule has 0 unspecified atom stereocenters. The normalized spacial score (nSPS) is 21.8. The molecule has 308 valence electrons. The highest BCUT2D eigenvalue weighted by Gasteiger charge is 2.76. The zero-order chi connectivity index (χ0) is 43.9. The summed E-state index contributed by atoms with van der Waals surface area (Å²) in [6, 6.07) is 13.9. The Hall–Kier alpha value is -9.15. The van der Waals surface area contributed by atoms with Gasteiger partial charge in [-0.05, 0) is 313 Å². The SMILES string of the molecule is c1csc(-c2ccccc2C2=NOC34c5c6c7c8c9c%10c(c%11c%12c3c3c5c5c%13c6c6c7c7c9c9c%14c%10c%10c%11c%11c%12c%12c3c3c5c5c%13c%13c6c6c7c9c7c9c%14c%10c%10c%11c%11c%12c3c3c5c5c%13c6c7c6c9c%10c%11c3c56)C284)c1. The van der Waals surface area contributed by atoms with E-state index in [4.69, 9.17) is 9.99 Å². The average Bonchev–Trinajstić information content (AvgIpc) is 4.24. The first kappa shape index (κ1) is 27.6. The van der Waals surface area contributed by atoms with E-state index in [1.807, 2.05) is 11.3 Å². The zero-order valence-electron chi connectivity index (χ0n) is 37.3. The van der Waals surface area contributed by atoms with Crippen LogP contribution in [0.3, 0.4) is 0 Å². The van der Waals surface area contributed by atoms with Crippen LogP contribution in [0.25, 0.3) is 301 Å². The number of thiophene rings is 1. The van der Waals surface area contributed by atoms with Gasteiger partial charge >= 0.3 is 0 Å². The van der Waals surface area contributed by atoms with E-state index in [-0.39, 0.29) is 0 Å². The summed E-state index contributed by atoms with van der Waals surface area (Å²) in [5.74, 6) is 0. The lowest BCUT2D eigenvalue weighted by Gasteiger charge is -2.47. The summed E-state index contributed by atoms with van der Waals surface area (Å²) in [7, 11) is 0. The second kappa shape index (κ2) is 6.38. The van der Waals surface area contributed by atoms with Gasteiger partial charge in [0.15, 0.2) is 0 Å². The van der Waals surface area contributed by atoms with E-state index in [9.17, 15) is 0 Å². The third kappa shape index (κ3) is 1.49. The maximum absolute atomic E-state index is 8.27. The van der Waals surface area contributed by atoms with Crippen molar-refractivity contribution in [3.8, 4) is 10.4 Å². The predicted octanol–water partition coefficient (Wildman–Crippen LogP) is 19.4. The van der Waals surface area contributed by atoms with Crippen LogP contribution < -0.4 is 0 Å². The smallest absolute Gasteiger partial charge is 0.209 e. The molecule has 0 saturated heterocycles. The Balaban J connectivity index is 1.11. The van der Waals surface area contributed by atoms with Crippen LogP contribution in [-0.4, -0.2) is 5.71 Å². The molecule has 0 saturated carbocycles. The molecule has 0 fully saturated rings. The molecule has 30 aromatic rings. The minimum Gasteiger partial charge on any atom is -0.377 e. The largest absolute Gasteiger partial charge is 0.377 e. The van der Waals surface area contributed by atoms with Gasteiger partial charge in [0, 0.05) is 27.1 Å². The first-order valence-corrected chi connectivity index (χ1v) is 28.0. The molecule has 2 spiro atoms. The molecule has 2 heterocycles. The van der Waals surface area contributed by atoms with Gasteiger partial charge in [-0.1, -0.05) is 35.5 Å². The molecule has 2 nitrogen and oxygen atoms in total. The van der Waals surface area contributed by atoms with Gasteiger partial charge in [0.1, 0.15) is 11.1 Å². The highest BCUT2D eigenvalue weighted by atomic mass is 32.1. The Bertz CT molecular complexity index is 7600. The van der Waals surface area contributed by atoms with Crippen molar-refractivity contribution in [2.75, 3.05) is 0 Å². The second-order valence-electron chi connectivity index (χ2n) is 26.2. The lowest BCUT2D eigenvalue weighted by molar-refractivity contribution is -0.0122. The molecule has 29 aromatic carbocycles. The minimum atomic E-state index is -0.879. The van der Waals surface area contributed by atoms with Gasteiger partial charge < -0.3 is 4.84 Å². The molecular formula is C71H7NOS. The number of nitrogens with zero attached hydrogens (tertiary/aromatic N) is 1.